The van der Waals surface area contributed by atoms with Gasteiger partial charge < -0.3 is 4.74 Å². The van der Waals surface area contributed by atoms with Crippen molar-refractivity contribution in [3.05, 3.63) is 62.0 Å². The van der Waals surface area contributed by atoms with Crippen LogP contribution >= 0.6 is 47.8 Å². The van der Waals surface area contributed by atoms with E-state index in [1.165, 1.54) is 16.7 Å². The van der Waals surface area contributed by atoms with E-state index in [-0.39, 0.29) is 4.83 Å². The molecule has 0 radical (unpaired) electrons. The van der Waals surface area contributed by atoms with Crippen molar-refractivity contribution in [1.29, 1.82) is 0 Å². The lowest BCUT2D eigenvalue weighted by atomic mass is 10.0. The van der Waals surface area contributed by atoms with Gasteiger partial charge in [0.2, 0.25) is 0 Å². The molecule has 100 valence electrons. The molecule has 0 spiro atoms. The molecule has 4 heteroatoms. The van der Waals surface area contributed by atoms with E-state index in [4.69, 9.17) is 4.74 Å². The maximum absolute atomic E-state index is 5.26. The highest BCUT2D eigenvalue weighted by molar-refractivity contribution is 9.11. The average molecular weight is 449 g/mol. The van der Waals surface area contributed by atoms with Gasteiger partial charge in [0.1, 0.15) is 5.75 Å². The van der Waals surface area contributed by atoms with Crippen molar-refractivity contribution < 1.29 is 4.74 Å². The third kappa shape index (κ3) is 3.41. The van der Waals surface area contributed by atoms with Crippen molar-refractivity contribution in [1.82, 2.24) is 0 Å². The molecule has 0 amide bonds. The van der Waals surface area contributed by atoms with Gasteiger partial charge in [-0.2, -0.15) is 0 Å². The summed E-state index contributed by atoms with van der Waals surface area (Å²) in [5.41, 5.74) is 3.71. The number of aryl methyl sites for hydroxylation is 1. The van der Waals surface area contributed by atoms with E-state index >= 15 is 0 Å². The summed E-state index contributed by atoms with van der Waals surface area (Å²) < 4.78 is 7.31. The van der Waals surface area contributed by atoms with E-state index in [2.05, 4.69) is 85.0 Å². The molecule has 0 saturated heterocycles. The molecule has 2 rings (SSSR count). The first kappa shape index (κ1) is 15.1. The minimum atomic E-state index is 0.159. The molecule has 0 heterocycles. The van der Waals surface area contributed by atoms with E-state index in [9.17, 15) is 0 Å². The van der Waals surface area contributed by atoms with Crippen LogP contribution in [0.4, 0.5) is 0 Å². The summed E-state index contributed by atoms with van der Waals surface area (Å²) in [7, 11) is 1.67. The normalized spacial score (nSPS) is 12.3. The van der Waals surface area contributed by atoms with Gasteiger partial charge in [-0.15, -0.1) is 0 Å². The van der Waals surface area contributed by atoms with E-state index in [1.807, 2.05) is 6.07 Å². The molecule has 0 aliphatic carbocycles. The van der Waals surface area contributed by atoms with Gasteiger partial charge in [0.25, 0.3) is 0 Å². The summed E-state index contributed by atoms with van der Waals surface area (Å²) in [4.78, 5) is 0.159. The molecule has 0 aromatic heterocycles. The SMILES string of the molecule is COc1ccc(C(Br)c2cc(Br)ccc2C)cc1Br. The van der Waals surface area contributed by atoms with Crippen LogP contribution in [0.25, 0.3) is 0 Å². The van der Waals surface area contributed by atoms with Crippen LogP contribution in [0, 0.1) is 6.92 Å². The number of rotatable bonds is 3. The molecule has 0 aliphatic heterocycles. The fourth-order valence-electron chi connectivity index (χ4n) is 1.90. The first-order chi connectivity index (χ1) is 9.02. The molecule has 2 aromatic rings. The summed E-state index contributed by atoms with van der Waals surface area (Å²) in [6.07, 6.45) is 0. The van der Waals surface area contributed by atoms with Crippen LogP contribution in [0.15, 0.2) is 45.3 Å². The average Bonchev–Trinajstić information content (AvgIpc) is 2.40. The highest BCUT2D eigenvalue weighted by Crippen LogP contribution is 2.37. The van der Waals surface area contributed by atoms with Gasteiger partial charge in [0.05, 0.1) is 16.4 Å². The van der Waals surface area contributed by atoms with Crippen LogP contribution in [0.1, 0.15) is 21.5 Å². The van der Waals surface area contributed by atoms with Crippen LogP contribution in [0.2, 0.25) is 0 Å². The van der Waals surface area contributed by atoms with E-state index in [0.717, 1.165) is 14.7 Å². The second-order valence-corrected chi connectivity index (χ2v) is 6.94. The Morgan fingerprint density at radius 3 is 2.42 bits per heavy atom. The predicted octanol–water partition coefficient (Wildman–Crippen LogP) is 6.01. The maximum atomic E-state index is 5.26. The zero-order chi connectivity index (χ0) is 14.0. The summed E-state index contributed by atoms with van der Waals surface area (Å²) in [5, 5.41) is 0. The quantitative estimate of drug-likeness (QED) is 0.522. The van der Waals surface area contributed by atoms with Gasteiger partial charge in [0.15, 0.2) is 0 Å². The van der Waals surface area contributed by atoms with E-state index in [0.29, 0.717) is 0 Å². The Bertz CT molecular complexity index is 596. The molecule has 0 saturated carbocycles. The lowest BCUT2D eigenvalue weighted by molar-refractivity contribution is 0.412. The maximum Gasteiger partial charge on any atom is 0.133 e. The highest BCUT2D eigenvalue weighted by atomic mass is 79.9. The van der Waals surface area contributed by atoms with Crippen molar-refractivity contribution in [2.75, 3.05) is 7.11 Å². The standard InChI is InChI=1S/C15H13Br3O/c1-9-3-5-11(16)8-12(9)15(18)10-4-6-14(19-2)13(17)7-10/h3-8,15H,1-2H3. The first-order valence-corrected chi connectivity index (χ1v) is 8.26. The molecule has 0 N–H and O–H groups in total. The Labute approximate surface area is 138 Å². The van der Waals surface area contributed by atoms with E-state index < -0.39 is 0 Å². The van der Waals surface area contributed by atoms with Crippen molar-refractivity contribution in [3.63, 3.8) is 0 Å². The van der Waals surface area contributed by atoms with Crippen molar-refractivity contribution in [2.24, 2.45) is 0 Å². The fourth-order valence-corrected chi connectivity index (χ4v) is 3.62. The fraction of sp³-hybridized carbons (Fsp3) is 0.200. The van der Waals surface area contributed by atoms with Gasteiger partial charge in [-0.3, -0.25) is 0 Å². The van der Waals surface area contributed by atoms with Crippen LogP contribution in [-0.4, -0.2) is 7.11 Å². The van der Waals surface area contributed by atoms with Crippen molar-refractivity contribution >= 4 is 47.8 Å². The van der Waals surface area contributed by atoms with Gasteiger partial charge in [-0.1, -0.05) is 44.0 Å². The lowest BCUT2D eigenvalue weighted by Crippen LogP contribution is -1.97. The summed E-state index contributed by atoms with van der Waals surface area (Å²) in [6, 6.07) is 12.4. The molecule has 1 nitrogen and oxygen atoms in total. The van der Waals surface area contributed by atoms with Gasteiger partial charge in [-0.05, 0) is 63.8 Å². The highest BCUT2D eigenvalue weighted by Gasteiger charge is 2.14. The summed E-state index contributed by atoms with van der Waals surface area (Å²) in [6.45, 7) is 2.12. The number of benzene rings is 2. The molecular weight excluding hydrogens is 436 g/mol. The number of methoxy groups -OCH3 is 1. The summed E-state index contributed by atoms with van der Waals surface area (Å²) >= 11 is 10.8. The van der Waals surface area contributed by atoms with Crippen molar-refractivity contribution in [2.45, 2.75) is 11.8 Å². The van der Waals surface area contributed by atoms with Gasteiger partial charge in [0, 0.05) is 4.47 Å². The molecule has 0 fully saturated rings. The minimum absolute atomic E-state index is 0.159. The number of alkyl halides is 1. The number of hydrogen-bond acceptors (Lipinski definition) is 1. The molecular formula is C15H13Br3O. The lowest BCUT2D eigenvalue weighted by Gasteiger charge is -2.15. The molecule has 1 unspecified atom stereocenters. The van der Waals surface area contributed by atoms with Crippen LogP contribution in [0.5, 0.6) is 5.75 Å². The van der Waals surface area contributed by atoms with Gasteiger partial charge in [-0.25, -0.2) is 0 Å². The zero-order valence-electron chi connectivity index (χ0n) is 10.6. The molecule has 0 aliphatic rings. The number of hydrogen-bond donors (Lipinski definition) is 0. The first-order valence-electron chi connectivity index (χ1n) is 5.76. The second-order valence-electron chi connectivity index (χ2n) is 4.26. The Balaban J connectivity index is 2.41. The van der Waals surface area contributed by atoms with Gasteiger partial charge >= 0.3 is 0 Å². The molecule has 0 bridgehead atoms. The van der Waals surface area contributed by atoms with Crippen LogP contribution in [0.3, 0.4) is 0 Å². The van der Waals surface area contributed by atoms with E-state index in [1.54, 1.807) is 7.11 Å². The third-order valence-corrected chi connectivity index (χ3v) is 5.12. The molecule has 19 heavy (non-hydrogen) atoms. The Kier molecular flexibility index (Phi) is 5.09. The second kappa shape index (κ2) is 6.42. The van der Waals surface area contributed by atoms with Crippen LogP contribution in [-0.2, 0) is 0 Å². The monoisotopic (exact) mass is 446 g/mol. The van der Waals surface area contributed by atoms with Crippen LogP contribution < -0.4 is 4.74 Å². The smallest absolute Gasteiger partial charge is 0.133 e. The Morgan fingerprint density at radius 1 is 1.05 bits per heavy atom. The Hall–Kier alpha value is -0.320. The third-order valence-electron chi connectivity index (χ3n) is 2.98. The van der Waals surface area contributed by atoms with Crippen molar-refractivity contribution in [3.8, 4) is 5.75 Å². The Morgan fingerprint density at radius 2 is 1.79 bits per heavy atom. The molecule has 2 aromatic carbocycles. The summed E-state index contributed by atoms with van der Waals surface area (Å²) in [5.74, 6) is 0.842. The predicted molar refractivity (Wildman–Crippen MR) is 90.3 cm³/mol. The number of halogens is 3. The largest absolute Gasteiger partial charge is 0.496 e. The zero-order valence-corrected chi connectivity index (χ0v) is 15.3. The number of ether oxygens (including phenoxy) is 1. The molecule has 1 atom stereocenters. The topological polar surface area (TPSA) is 9.23 Å². The minimum Gasteiger partial charge on any atom is -0.496 e.